The summed E-state index contributed by atoms with van der Waals surface area (Å²) in [5.74, 6) is 0.352. The van der Waals surface area contributed by atoms with Gasteiger partial charge in [-0.15, -0.1) is 0 Å². The average Bonchev–Trinajstić information content (AvgIpc) is 3.17. The van der Waals surface area contributed by atoms with E-state index in [9.17, 15) is 5.11 Å². The first-order chi connectivity index (χ1) is 17.6. The van der Waals surface area contributed by atoms with Gasteiger partial charge in [-0.3, -0.25) is 4.98 Å². The minimum Gasteiger partial charge on any atom is -0.388 e. The van der Waals surface area contributed by atoms with E-state index in [0.717, 1.165) is 63.0 Å². The van der Waals surface area contributed by atoms with Crippen LogP contribution in [-0.2, 0) is 31.6 Å². The molecule has 5 nitrogen and oxygen atoms in total. The molecule has 1 N–H and O–H groups in total. The predicted octanol–water partition coefficient (Wildman–Crippen LogP) is 6.40. The Morgan fingerprint density at radius 1 is 0.919 bits per heavy atom. The van der Waals surface area contributed by atoms with Gasteiger partial charge in [0.2, 0.25) is 0 Å². The van der Waals surface area contributed by atoms with Crippen molar-refractivity contribution in [3.05, 3.63) is 63.5 Å². The molecule has 2 atom stereocenters. The van der Waals surface area contributed by atoms with Gasteiger partial charge in [0.15, 0.2) is 0 Å². The summed E-state index contributed by atoms with van der Waals surface area (Å²) in [6.07, 6.45) is 4.54. The van der Waals surface area contributed by atoms with Crippen LogP contribution in [0.1, 0.15) is 124 Å². The summed E-state index contributed by atoms with van der Waals surface area (Å²) in [6, 6.07) is 9.01. The molecule has 1 aromatic heterocycles. The fourth-order valence-corrected chi connectivity index (χ4v) is 7.17. The van der Waals surface area contributed by atoms with E-state index in [0.29, 0.717) is 19.1 Å². The zero-order valence-electron chi connectivity index (χ0n) is 23.2. The van der Waals surface area contributed by atoms with Gasteiger partial charge in [0, 0.05) is 62.0 Å². The maximum atomic E-state index is 11.6. The van der Waals surface area contributed by atoms with Crippen LogP contribution in [0.2, 0.25) is 0 Å². The molecule has 0 bridgehead atoms. The van der Waals surface area contributed by atoms with Crippen LogP contribution in [0, 0.1) is 5.41 Å². The topological polar surface area (TPSA) is 60.8 Å². The highest BCUT2D eigenvalue weighted by Gasteiger charge is 2.52. The molecule has 4 aliphatic rings. The van der Waals surface area contributed by atoms with Crippen LogP contribution < -0.4 is 0 Å². The van der Waals surface area contributed by atoms with Crippen molar-refractivity contribution >= 4 is 0 Å². The zero-order valence-corrected chi connectivity index (χ0v) is 23.2. The Labute approximate surface area is 221 Å². The standard InChI is InChI=1S/C32H43NO4/c1-30(2,3)22-8-6-21(7-9-22)29-26-27(32(37-29)12-16-36-17-13-32)25-23(18-31(4,5)19-24(25)34)33-28(26)20-10-14-35-15-11-20/h6-9,20,24,29,34H,10-19H2,1-5H3/t24?,29-/m1/s1. The Kier molecular flexibility index (Phi) is 6.30. The molecule has 5 heteroatoms. The Bertz CT molecular complexity index is 1150. The van der Waals surface area contributed by atoms with Crippen LogP contribution in [0.15, 0.2) is 24.3 Å². The molecule has 0 amide bonds. The summed E-state index contributed by atoms with van der Waals surface area (Å²) in [5, 5.41) is 11.6. The molecule has 2 fully saturated rings. The van der Waals surface area contributed by atoms with Gasteiger partial charge in [0.25, 0.3) is 0 Å². The number of hydrogen-bond acceptors (Lipinski definition) is 5. The molecule has 37 heavy (non-hydrogen) atoms. The SMILES string of the molecule is CC1(C)Cc2nc(C3CCOCC3)c3c(c2C(O)C1)C1(CCOCC1)O[C@@H]3c1ccc(C(C)(C)C)cc1. The second-order valence-corrected chi connectivity index (χ2v) is 13.6. The lowest BCUT2D eigenvalue weighted by atomic mass is 9.69. The van der Waals surface area contributed by atoms with E-state index in [2.05, 4.69) is 58.9 Å². The lowest BCUT2D eigenvalue weighted by molar-refractivity contribution is -0.122. The quantitative estimate of drug-likeness (QED) is 0.511. The van der Waals surface area contributed by atoms with Crippen LogP contribution in [0.3, 0.4) is 0 Å². The molecule has 1 aliphatic carbocycles. The number of benzene rings is 1. The van der Waals surface area contributed by atoms with E-state index in [1.54, 1.807) is 0 Å². The van der Waals surface area contributed by atoms with Gasteiger partial charge in [-0.2, -0.15) is 0 Å². The zero-order chi connectivity index (χ0) is 26.0. The molecule has 1 aromatic carbocycles. The number of pyridine rings is 1. The smallest absolute Gasteiger partial charge is 0.111 e. The van der Waals surface area contributed by atoms with E-state index < -0.39 is 11.7 Å². The van der Waals surface area contributed by atoms with Gasteiger partial charge in [0.05, 0.1) is 17.4 Å². The van der Waals surface area contributed by atoms with Gasteiger partial charge in [-0.1, -0.05) is 58.9 Å². The van der Waals surface area contributed by atoms with Crippen molar-refractivity contribution in [1.29, 1.82) is 0 Å². The molecule has 0 saturated carbocycles. The Hall–Kier alpha value is -1.79. The normalized spacial score (nSPS) is 27.2. The second kappa shape index (κ2) is 9.15. The molecule has 200 valence electrons. The van der Waals surface area contributed by atoms with Crippen molar-refractivity contribution in [3.63, 3.8) is 0 Å². The van der Waals surface area contributed by atoms with Gasteiger partial charge < -0.3 is 19.3 Å². The van der Waals surface area contributed by atoms with Crippen molar-refractivity contribution < 1.29 is 19.3 Å². The molecule has 2 saturated heterocycles. The maximum Gasteiger partial charge on any atom is 0.111 e. The van der Waals surface area contributed by atoms with Crippen molar-refractivity contribution in [2.24, 2.45) is 5.41 Å². The molecule has 4 heterocycles. The van der Waals surface area contributed by atoms with Gasteiger partial charge in [-0.25, -0.2) is 0 Å². The number of aliphatic hydroxyl groups excluding tert-OH is 1. The number of aromatic nitrogens is 1. The van der Waals surface area contributed by atoms with Crippen molar-refractivity contribution in [1.82, 2.24) is 4.98 Å². The van der Waals surface area contributed by atoms with E-state index in [1.807, 2.05) is 0 Å². The molecular formula is C32H43NO4. The van der Waals surface area contributed by atoms with Crippen molar-refractivity contribution in [3.8, 4) is 0 Å². The summed E-state index contributed by atoms with van der Waals surface area (Å²) >= 11 is 0. The maximum absolute atomic E-state index is 11.6. The molecule has 1 spiro atoms. The number of hydrogen-bond donors (Lipinski definition) is 1. The lowest BCUT2D eigenvalue weighted by Gasteiger charge is -2.40. The lowest BCUT2D eigenvalue weighted by Crippen LogP contribution is -2.37. The monoisotopic (exact) mass is 505 g/mol. The molecule has 3 aliphatic heterocycles. The fraction of sp³-hybridized carbons (Fsp3) is 0.656. The average molecular weight is 506 g/mol. The van der Waals surface area contributed by atoms with E-state index in [-0.39, 0.29) is 16.9 Å². The number of ether oxygens (including phenoxy) is 3. The predicted molar refractivity (Wildman–Crippen MR) is 144 cm³/mol. The minimum atomic E-state index is -0.519. The summed E-state index contributed by atoms with van der Waals surface area (Å²) in [5.41, 5.74) is 7.99. The van der Waals surface area contributed by atoms with E-state index >= 15 is 0 Å². The number of nitrogens with zero attached hydrogens (tertiary/aromatic N) is 1. The largest absolute Gasteiger partial charge is 0.388 e. The Balaban J connectivity index is 1.58. The van der Waals surface area contributed by atoms with Gasteiger partial charge in [0.1, 0.15) is 6.10 Å². The van der Waals surface area contributed by atoms with Crippen LogP contribution in [-0.4, -0.2) is 36.5 Å². The molecule has 0 radical (unpaired) electrons. The Morgan fingerprint density at radius 2 is 1.57 bits per heavy atom. The fourth-order valence-electron chi connectivity index (χ4n) is 7.17. The van der Waals surface area contributed by atoms with Gasteiger partial charge >= 0.3 is 0 Å². The summed E-state index contributed by atoms with van der Waals surface area (Å²) in [4.78, 5) is 5.44. The van der Waals surface area contributed by atoms with E-state index in [1.165, 1.54) is 27.9 Å². The van der Waals surface area contributed by atoms with Crippen molar-refractivity contribution in [2.75, 3.05) is 26.4 Å². The Morgan fingerprint density at radius 3 is 2.22 bits per heavy atom. The molecule has 1 unspecified atom stereocenters. The number of rotatable bonds is 2. The molecule has 2 aromatic rings. The first-order valence-electron chi connectivity index (χ1n) is 14.3. The third kappa shape index (κ3) is 4.46. The minimum absolute atomic E-state index is 0.0189. The summed E-state index contributed by atoms with van der Waals surface area (Å²) in [7, 11) is 0. The van der Waals surface area contributed by atoms with Crippen molar-refractivity contribution in [2.45, 2.75) is 102 Å². The number of fused-ring (bicyclic) bond motifs is 4. The first-order valence-corrected chi connectivity index (χ1v) is 14.3. The highest BCUT2D eigenvalue weighted by Crippen LogP contribution is 2.58. The van der Waals surface area contributed by atoms with Gasteiger partial charge in [-0.05, 0) is 53.2 Å². The van der Waals surface area contributed by atoms with Crippen LogP contribution in [0.25, 0.3) is 0 Å². The highest BCUT2D eigenvalue weighted by atomic mass is 16.5. The summed E-state index contributed by atoms with van der Waals surface area (Å²) in [6.45, 7) is 14.2. The van der Waals surface area contributed by atoms with Crippen LogP contribution in [0.4, 0.5) is 0 Å². The summed E-state index contributed by atoms with van der Waals surface area (Å²) < 4.78 is 18.8. The third-order valence-corrected chi connectivity index (χ3v) is 9.16. The molecular weight excluding hydrogens is 462 g/mol. The second-order valence-electron chi connectivity index (χ2n) is 13.6. The molecule has 6 rings (SSSR count). The highest BCUT2D eigenvalue weighted by molar-refractivity contribution is 5.54. The van der Waals surface area contributed by atoms with Crippen LogP contribution >= 0.6 is 0 Å². The number of aliphatic hydroxyl groups is 1. The van der Waals surface area contributed by atoms with Crippen LogP contribution in [0.5, 0.6) is 0 Å². The third-order valence-electron chi connectivity index (χ3n) is 9.16. The van der Waals surface area contributed by atoms with E-state index in [4.69, 9.17) is 19.2 Å². The first kappa shape index (κ1) is 25.5.